The van der Waals surface area contributed by atoms with E-state index in [0.717, 1.165) is 71.7 Å². The summed E-state index contributed by atoms with van der Waals surface area (Å²) in [5.41, 5.74) is 13.0. The number of nitrogens with zero attached hydrogens (tertiary/aromatic N) is 3. The summed E-state index contributed by atoms with van der Waals surface area (Å²) in [6.07, 6.45) is 0. The average Bonchev–Trinajstić information content (AvgIpc) is 3.91. The largest absolute Gasteiger partial charge is 0.456 e. The third kappa shape index (κ3) is 4.24. The fourth-order valence-electron chi connectivity index (χ4n) is 8.45. The molecule has 11 aromatic rings. The summed E-state index contributed by atoms with van der Waals surface area (Å²) >= 11 is 0. The molecule has 0 atom stereocenters. The van der Waals surface area contributed by atoms with Crippen LogP contribution in [-0.2, 0) is 0 Å². The number of para-hydroxylation sites is 3. The number of hydrogen-bond acceptors (Lipinski definition) is 5. The van der Waals surface area contributed by atoms with Gasteiger partial charge in [-0.25, -0.2) is 15.0 Å². The minimum atomic E-state index is 0.555. The maximum Gasteiger partial charge on any atom is 0.167 e. The lowest BCUT2D eigenvalue weighted by molar-refractivity contribution is 0.669. The second-order valence-corrected chi connectivity index (χ2v) is 13.9. The van der Waals surface area contributed by atoms with E-state index in [0.29, 0.717) is 17.5 Å². The summed E-state index contributed by atoms with van der Waals surface area (Å²) < 4.78 is 12.7. The van der Waals surface area contributed by atoms with Crippen molar-refractivity contribution in [2.24, 2.45) is 0 Å². The molecule has 0 spiro atoms. The summed E-state index contributed by atoms with van der Waals surface area (Å²) in [6, 6.07) is 56.8. The number of furan rings is 2. The van der Waals surface area contributed by atoms with E-state index >= 15 is 0 Å². The molecule has 0 radical (unpaired) electrons. The maximum absolute atomic E-state index is 6.49. The first-order valence-electron chi connectivity index (χ1n) is 18.1. The van der Waals surface area contributed by atoms with Crippen LogP contribution in [0.5, 0.6) is 0 Å². The van der Waals surface area contributed by atoms with Crippen molar-refractivity contribution in [3.63, 3.8) is 0 Å². The van der Waals surface area contributed by atoms with E-state index in [-0.39, 0.29) is 0 Å². The molecule has 0 aliphatic heterocycles. The summed E-state index contributed by atoms with van der Waals surface area (Å²) in [5.74, 6) is 1.74. The first-order chi connectivity index (χ1) is 26.7. The Bertz CT molecular complexity index is 3350. The van der Waals surface area contributed by atoms with Crippen LogP contribution in [0.4, 0.5) is 0 Å². The Labute approximate surface area is 308 Å². The lowest BCUT2D eigenvalue weighted by Crippen LogP contribution is -2.00. The van der Waals surface area contributed by atoms with Gasteiger partial charge in [0.1, 0.15) is 22.3 Å². The summed E-state index contributed by atoms with van der Waals surface area (Å²) in [6.45, 7) is 0. The van der Waals surface area contributed by atoms with Gasteiger partial charge in [-0.1, -0.05) is 127 Å². The van der Waals surface area contributed by atoms with Gasteiger partial charge in [0.15, 0.2) is 17.5 Å². The Morgan fingerprint density at radius 1 is 0.315 bits per heavy atom. The molecule has 3 aromatic heterocycles. The zero-order valence-corrected chi connectivity index (χ0v) is 28.7. The molecular weight excluding hydrogens is 663 g/mol. The molecular formula is C49H27N3O2. The molecule has 0 bridgehead atoms. The van der Waals surface area contributed by atoms with Crippen molar-refractivity contribution in [2.75, 3.05) is 0 Å². The van der Waals surface area contributed by atoms with E-state index in [1.165, 1.54) is 33.0 Å². The van der Waals surface area contributed by atoms with E-state index in [2.05, 4.69) is 109 Å². The Kier molecular flexibility index (Phi) is 5.99. The predicted molar refractivity (Wildman–Crippen MR) is 218 cm³/mol. The van der Waals surface area contributed by atoms with Crippen LogP contribution in [0, 0.1) is 0 Å². The molecule has 0 unspecified atom stereocenters. The van der Waals surface area contributed by atoms with Crippen molar-refractivity contribution in [3.05, 3.63) is 164 Å². The fourth-order valence-corrected chi connectivity index (χ4v) is 8.45. The van der Waals surface area contributed by atoms with Gasteiger partial charge in [-0.2, -0.15) is 0 Å². The van der Waals surface area contributed by atoms with Crippen LogP contribution in [0.3, 0.4) is 0 Å². The Balaban J connectivity index is 1.07. The number of hydrogen-bond donors (Lipinski definition) is 0. The number of aromatic nitrogens is 3. The SMILES string of the molecule is c1cc(-c2nc(-c3ccc4c(c3)-c3cccc5cccc-4c35)nc(-c3cccc4c3oc3ccccc34)n2)cc(-c2cccc3oc4ccccc4c23)c1. The molecule has 12 rings (SSSR count). The standard InChI is InChI=1S/C49H27N3O2/c1-3-21-41-34(14-1)37-19-8-20-39(46(37)54-41)49-51-47(30-13-5-12-29(26-30)32-16-9-23-43-45(32)38-15-2-4-22-42(38)53-43)50-48(52-49)31-24-25-33-35-17-6-10-28-11-7-18-36(44(28)35)40(33)27-31/h1-27H. The van der Waals surface area contributed by atoms with Gasteiger partial charge in [-0.3, -0.25) is 0 Å². The third-order valence-corrected chi connectivity index (χ3v) is 10.9. The quantitative estimate of drug-likeness (QED) is 0.184. The Morgan fingerprint density at radius 2 is 0.907 bits per heavy atom. The van der Waals surface area contributed by atoms with Crippen LogP contribution < -0.4 is 0 Å². The topological polar surface area (TPSA) is 65.0 Å². The normalized spacial score (nSPS) is 12.1. The molecule has 8 aromatic carbocycles. The van der Waals surface area contributed by atoms with Crippen LogP contribution >= 0.6 is 0 Å². The molecule has 0 N–H and O–H groups in total. The van der Waals surface area contributed by atoms with E-state index in [4.69, 9.17) is 23.8 Å². The molecule has 5 nitrogen and oxygen atoms in total. The zero-order valence-electron chi connectivity index (χ0n) is 28.7. The first-order valence-corrected chi connectivity index (χ1v) is 18.1. The average molecular weight is 690 g/mol. The zero-order chi connectivity index (χ0) is 35.3. The van der Waals surface area contributed by atoms with Gasteiger partial charge >= 0.3 is 0 Å². The monoisotopic (exact) mass is 689 g/mol. The van der Waals surface area contributed by atoms with Crippen molar-refractivity contribution in [1.29, 1.82) is 0 Å². The van der Waals surface area contributed by atoms with E-state index in [9.17, 15) is 0 Å². The Morgan fingerprint density at radius 3 is 1.76 bits per heavy atom. The van der Waals surface area contributed by atoms with Crippen molar-refractivity contribution in [2.45, 2.75) is 0 Å². The number of fused-ring (bicyclic) bond motifs is 9. The van der Waals surface area contributed by atoms with Gasteiger partial charge in [0.2, 0.25) is 0 Å². The summed E-state index contributed by atoms with van der Waals surface area (Å²) in [4.78, 5) is 15.6. The minimum Gasteiger partial charge on any atom is -0.456 e. The molecule has 54 heavy (non-hydrogen) atoms. The van der Waals surface area contributed by atoms with Gasteiger partial charge in [-0.05, 0) is 80.6 Å². The molecule has 1 aliphatic rings. The highest BCUT2D eigenvalue weighted by Crippen LogP contribution is 2.48. The van der Waals surface area contributed by atoms with Crippen molar-refractivity contribution < 1.29 is 8.83 Å². The van der Waals surface area contributed by atoms with Gasteiger partial charge in [0.05, 0.1) is 5.56 Å². The third-order valence-electron chi connectivity index (χ3n) is 10.9. The second kappa shape index (κ2) is 11.1. The Hall–Kier alpha value is -7.37. The lowest BCUT2D eigenvalue weighted by Gasteiger charge is -2.11. The molecule has 0 fully saturated rings. The smallest absolute Gasteiger partial charge is 0.167 e. The molecule has 0 saturated carbocycles. The molecule has 5 heteroatoms. The van der Waals surface area contributed by atoms with Crippen LogP contribution in [0.1, 0.15) is 0 Å². The van der Waals surface area contributed by atoms with Crippen LogP contribution in [0.15, 0.2) is 173 Å². The highest BCUT2D eigenvalue weighted by atomic mass is 16.3. The van der Waals surface area contributed by atoms with E-state index < -0.39 is 0 Å². The number of rotatable bonds is 4. The van der Waals surface area contributed by atoms with E-state index in [1.807, 2.05) is 54.6 Å². The van der Waals surface area contributed by atoms with Crippen LogP contribution in [0.25, 0.3) is 122 Å². The molecule has 1 aliphatic carbocycles. The maximum atomic E-state index is 6.49. The highest BCUT2D eigenvalue weighted by Gasteiger charge is 2.23. The second-order valence-electron chi connectivity index (χ2n) is 13.9. The predicted octanol–water partition coefficient (Wildman–Crippen LogP) is 13.1. The van der Waals surface area contributed by atoms with Crippen LogP contribution in [0.2, 0.25) is 0 Å². The molecule has 250 valence electrons. The van der Waals surface area contributed by atoms with Crippen molar-refractivity contribution >= 4 is 54.6 Å². The van der Waals surface area contributed by atoms with Gasteiger partial charge in [0.25, 0.3) is 0 Å². The van der Waals surface area contributed by atoms with Crippen molar-refractivity contribution in [3.8, 4) is 67.5 Å². The summed E-state index contributed by atoms with van der Waals surface area (Å²) in [7, 11) is 0. The van der Waals surface area contributed by atoms with Gasteiger partial charge in [-0.15, -0.1) is 0 Å². The first kappa shape index (κ1) is 29.2. The van der Waals surface area contributed by atoms with E-state index in [1.54, 1.807) is 0 Å². The van der Waals surface area contributed by atoms with Crippen LogP contribution in [-0.4, -0.2) is 15.0 Å². The molecule has 0 amide bonds. The molecule has 0 saturated heterocycles. The summed E-state index contributed by atoms with van der Waals surface area (Å²) in [5, 5.41) is 6.80. The highest BCUT2D eigenvalue weighted by molar-refractivity contribution is 6.16. The lowest BCUT2D eigenvalue weighted by atomic mass is 9.97. The fraction of sp³-hybridized carbons (Fsp3) is 0. The number of benzene rings is 8. The van der Waals surface area contributed by atoms with Gasteiger partial charge in [0, 0.05) is 32.7 Å². The minimum absolute atomic E-state index is 0.555. The van der Waals surface area contributed by atoms with Crippen molar-refractivity contribution in [1.82, 2.24) is 15.0 Å². The van der Waals surface area contributed by atoms with Gasteiger partial charge < -0.3 is 8.83 Å². The molecule has 3 heterocycles.